The van der Waals surface area contributed by atoms with E-state index in [1.807, 2.05) is 30.3 Å². The average molecular weight is 239 g/mol. The molecule has 1 atom stereocenters. The average Bonchev–Trinajstić information content (AvgIpc) is 2.35. The van der Waals surface area contributed by atoms with Gasteiger partial charge in [0.2, 0.25) is 0 Å². The quantitative estimate of drug-likeness (QED) is 0.591. The molecule has 4 nitrogen and oxygen atoms in total. The van der Waals surface area contributed by atoms with E-state index < -0.39 is 12.0 Å². The Morgan fingerprint density at radius 1 is 1.50 bits per heavy atom. The van der Waals surface area contributed by atoms with Gasteiger partial charge in [-0.25, -0.2) is 4.79 Å². The third-order valence-corrected chi connectivity index (χ3v) is 2.36. The lowest BCUT2D eigenvalue weighted by atomic mass is 10.2. The Bertz CT molecular complexity index is 367. The van der Waals surface area contributed by atoms with Crippen molar-refractivity contribution in [3.8, 4) is 0 Å². The molecule has 0 bridgehead atoms. The second kappa shape index (κ2) is 6.19. The Hall–Kier alpha value is -1.46. The fourth-order valence-electron chi connectivity index (χ4n) is 1.15. The van der Waals surface area contributed by atoms with Crippen molar-refractivity contribution >= 4 is 23.2 Å². The Balaban J connectivity index is 2.66. The van der Waals surface area contributed by atoms with Gasteiger partial charge in [0.25, 0.3) is 0 Å². The molecule has 0 radical (unpaired) electrons. The van der Waals surface area contributed by atoms with Crippen molar-refractivity contribution in [3.63, 3.8) is 0 Å². The monoisotopic (exact) mass is 239 g/mol. The Morgan fingerprint density at radius 2 is 2.12 bits per heavy atom. The molecule has 0 saturated carbocycles. The smallest absolute Gasteiger partial charge is 0.330 e. The highest BCUT2D eigenvalue weighted by molar-refractivity contribution is 7.80. The van der Waals surface area contributed by atoms with E-state index in [2.05, 4.69) is 10.1 Å². The summed E-state index contributed by atoms with van der Waals surface area (Å²) in [6.45, 7) is -0.361. The highest BCUT2D eigenvalue weighted by Gasteiger charge is 2.18. The molecule has 0 aliphatic rings. The maximum atomic E-state index is 11.2. The van der Waals surface area contributed by atoms with Crippen LogP contribution < -0.4 is 5.32 Å². The first kappa shape index (κ1) is 12.6. The number of nitrogens with one attached hydrogen (secondary N) is 1. The Morgan fingerprint density at radius 3 is 2.62 bits per heavy atom. The van der Waals surface area contributed by atoms with Crippen LogP contribution in [0, 0.1) is 0 Å². The van der Waals surface area contributed by atoms with Gasteiger partial charge in [0.05, 0.1) is 13.7 Å². The zero-order chi connectivity index (χ0) is 12.0. The molecule has 2 N–H and O–H groups in total. The van der Waals surface area contributed by atoms with Crippen molar-refractivity contribution in [3.05, 3.63) is 35.9 Å². The molecule has 0 aromatic heterocycles. The van der Waals surface area contributed by atoms with E-state index in [0.29, 0.717) is 4.99 Å². The lowest BCUT2D eigenvalue weighted by Gasteiger charge is -2.15. The first-order valence-electron chi connectivity index (χ1n) is 4.73. The number of hydrogen-bond acceptors (Lipinski definition) is 4. The van der Waals surface area contributed by atoms with Crippen LogP contribution in [0.2, 0.25) is 0 Å². The summed E-state index contributed by atoms with van der Waals surface area (Å²) in [6, 6.07) is 8.38. The topological polar surface area (TPSA) is 58.6 Å². The molecule has 1 aromatic carbocycles. The standard InChI is InChI=1S/C11H13NO3S/c1-15-11(14)9(7-13)12-10(16)8-5-3-2-4-6-8/h2-6,9,13H,7H2,1H3,(H,12,16)/t9-/m0/s1. The van der Waals surface area contributed by atoms with E-state index >= 15 is 0 Å². The molecule has 0 aliphatic heterocycles. The number of carbonyl (C=O) groups is 1. The van der Waals surface area contributed by atoms with E-state index in [-0.39, 0.29) is 6.61 Å². The summed E-state index contributed by atoms with van der Waals surface area (Å²) in [7, 11) is 1.26. The van der Waals surface area contributed by atoms with Gasteiger partial charge in [0.15, 0.2) is 0 Å². The lowest BCUT2D eigenvalue weighted by Crippen LogP contribution is -2.43. The lowest BCUT2D eigenvalue weighted by molar-refractivity contribution is -0.143. The predicted octanol–water partition coefficient (Wildman–Crippen LogP) is 0.486. The SMILES string of the molecule is COC(=O)[C@H](CO)NC(=S)c1ccccc1. The molecule has 1 aromatic rings. The fourth-order valence-corrected chi connectivity index (χ4v) is 1.43. The van der Waals surface area contributed by atoms with Crippen LogP contribution >= 0.6 is 12.2 Å². The molecule has 0 fully saturated rings. The number of carbonyl (C=O) groups excluding carboxylic acids is 1. The van der Waals surface area contributed by atoms with Crippen LogP contribution in [0.15, 0.2) is 30.3 Å². The predicted molar refractivity (Wildman–Crippen MR) is 64.2 cm³/mol. The van der Waals surface area contributed by atoms with Crippen LogP contribution in [0.25, 0.3) is 0 Å². The highest BCUT2D eigenvalue weighted by atomic mass is 32.1. The molecule has 86 valence electrons. The van der Waals surface area contributed by atoms with Gasteiger partial charge < -0.3 is 15.2 Å². The summed E-state index contributed by atoms with van der Waals surface area (Å²) >= 11 is 5.10. The van der Waals surface area contributed by atoms with Crippen LogP contribution in [0.1, 0.15) is 5.56 Å². The highest BCUT2D eigenvalue weighted by Crippen LogP contribution is 2.00. The van der Waals surface area contributed by atoms with Gasteiger partial charge in [0, 0.05) is 5.56 Å². The third kappa shape index (κ3) is 3.29. The van der Waals surface area contributed by atoms with Crippen LogP contribution in [-0.2, 0) is 9.53 Å². The summed E-state index contributed by atoms with van der Waals surface area (Å²) in [6.07, 6.45) is 0. The number of methoxy groups -OCH3 is 1. The molecule has 16 heavy (non-hydrogen) atoms. The molecule has 5 heteroatoms. The van der Waals surface area contributed by atoms with Gasteiger partial charge in [-0.15, -0.1) is 0 Å². The largest absolute Gasteiger partial charge is 0.467 e. The van der Waals surface area contributed by atoms with Crippen LogP contribution in [-0.4, -0.2) is 35.8 Å². The van der Waals surface area contributed by atoms with E-state index in [4.69, 9.17) is 17.3 Å². The van der Waals surface area contributed by atoms with E-state index in [9.17, 15) is 4.79 Å². The van der Waals surface area contributed by atoms with Gasteiger partial charge >= 0.3 is 5.97 Å². The first-order chi connectivity index (χ1) is 7.69. The van der Waals surface area contributed by atoms with Crippen molar-refractivity contribution in [1.29, 1.82) is 0 Å². The van der Waals surface area contributed by atoms with Gasteiger partial charge in [-0.3, -0.25) is 0 Å². The summed E-state index contributed by atoms with van der Waals surface area (Å²) in [5.74, 6) is -0.541. The minimum atomic E-state index is -0.822. The maximum Gasteiger partial charge on any atom is 0.330 e. The summed E-state index contributed by atoms with van der Waals surface area (Å²) < 4.78 is 4.52. The number of hydrogen-bond donors (Lipinski definition) is 2. The molecule has 0 amide bonds. The van der Waals surface area contributed by atoms with Gasteiger partial charge in [-0.05, 0) is 0 Å². The first-order valence-corrected chi connectivity index (χ1v) is 5.14. The molecular weight excluding hydrogens is 226 g/mol. The number of rotatable bonds is 4. The van der Waals surface area contributed by atoms with Gasteiger partial charge in [-0.2, -0.15) is 0 Å². The minimum Gasteiger partial charge on any atom is -0.467 e. The summed E-state index contributed by atoms with van der Waals surface area (Å²) in [4.78, 5) is 11.6. The molecule has 1 rings (SSSR count). The third-order valence-electron chi connectivity index (χ3n) is 2.01. The molecular formula is C11H13NO3S. The molecule has 0 saturated heterocycles. The van der Waals surface area contributed by atoms with Crippen molar-refractivity contribution in [2.45, 2.75) is 6.04 Å². The van der Waals surface area contributed by atoms with Gasteiger partial charge in [0.1, 0.15) is 11.0 Å². The van der Waals surface area contributed by atoms with Crippen molar-refractivity contribution in [1.82, 2.24) is 5.32 Å². The number of benzene rings is 1. The van der Waals surface area contributed by atoms with E-state index in [1.165, 1.54) is 7.11 Å². The van der Waals surface area contributed by atoms with Crippen molar-refractivity contribution in [2.75, 3.05) is 13.7 Å². The summed E-state index contributed by atoms with van der Waals surface area (Å²) in [5, 5.41) is 11.7. The van der Waals surface area contributed by atoms with Crippen LogP contribution in [0.3, 0.4) is 0 Å². The Kier molecular flexibility index (Phi) is 4.88. The normalized spacial score (nSPS) is 11.6. The maximum absolute atomic E-state index is 11.2. The van der Waals surface area contributed by atoms with Crippen molar-refractivity contribution < 1.29 is 14.6 Å². The zero-order valence-electron chi connectivity index (χ0n) is 8.84. The minimum absolute atomic E-state index is 0.361. The molecule has 0 heterocycles. The second-order valence-electron chi connectivity index (χ2n) is 3.10. The number of ether oxygens (including phenoxy) is 1. The number of aliphatic hydroxyl groups is 1. The van der Waals surface area contributed by atoms with Crippen LogP contribution in [0.5, 0.6) is 0 Å². The number of aliphatic hydroxyl groups excluding tert-OH is 1. The van der Waals surface area contributed by atoms with Crippen LogP contribution in [0.4, 0.5) is 0 Å². The molecule has 0 spiro atoms. The van der Waals surface area contributed by atoms with E-state index in [0.717, 1.165) is 5.56 Å². The number of esters is 1. The van der Waals surface area contributed by atoms with Gasteiger partial charge in [-0.1, -0.05) is 42.5 Å². The zero-order valence-corrected chi connectivity index (χ0v) is 9.66. The molecule has 0 unspecified atom stereocenters. The second-order valence-corrected chi connectivity index (χ2v) is 3.51. The van der Waals surface area contributed by atoms with Crippen molar-refractivity contribution in [2.24, 2.45) is 0 Å². The fraction of sp³-hybridized carbons (Fsp3) is 0.273. The molecule has 0 aliphatic carbocycles. The Labute approximate surface area is 99.2 Å². The van der Waals surface area contributed by atoms with E-state index in [1.54, 1.807) is 0 Å². The number of thiocarbonyl (C=S) groups is 1. The summed E-state index contributed by atoms with van der Waals surface area (Å²) in [5.41, 5.74) is 0.792.